The minimum atomic E-state index is -0.611. The summed E-state index contributed by atoms with van der Waals surface area (Å²) in [5.41, 5.74) is 1.15. The Morgan fingerprint density at radius 2 is 2.12 bits per heavy atom. The Hall–Kier alpha value is -1.03. The molecule has 88 valence electrons. The zero-order valence-corrected chi connectivity index (χ0v) is 10.5. The summed E-state index contributed by atoms with van der Waals surface area (Å²) in [6.07, 6.45) is -0.0747. The molecule has 2 nitrogen and oxygen atoms in total. The van der Waals surface area contributed by atoms with Gasteiger partial charge < -0.3 is 9.84 Å². The molecule has 2 aromatic rings. The van der Waals surface area contributed by atoms with Crippen LogP contribution in [0.15, 0.2) is 36.4 Å². The second-order valence-corrected chi connectivity index (χ2v) is 5.80. The highest BCUT2D eigenvalue weighted by Gasteiger charge is 2.30. The van der Waals surface area contributed by atoms with Crippen molar-refractivity contribution >= 4 is 22.9 Å². The van der Waals surface area contributed by atoms with Crippen molar-refractivity contribution in [2.75, 3.05) is 0 Å². The van der Waals surface area contributed by atoms with E-state index in [0.29, 0.717) is 4.34 Å². The topological polar surface area (TPSA) is 29.5 Å². The summed E-state index contributed by atoms with van der Waals surface area (Å²) in [6, 6.07) is 11.5. The van der Waals surface area contributed by atoms with Crippen molar-refractivity contribution < 1.29 is 9.84 Å². The minimum Gasteiger partial charge on any atom is -0.487 e. The fraction of sp³-hybridized carbons (Fsp3) is 0.231. The van der Waals surface area contributed by atoms with Gasteiger partial charge in [0.15, 0.2) is 0 Å². The van der Waals surface area contributed by atoms with Crippen LogP contribution in [0.3, 0.4) is 0 Å². The number of fused-ring (bicyclic) bond motifs is 1. The first-order valence-electron chi connectivity index (χ1n) is 5.42. The van der Waals surface area contributed by atoms with E-state index in [1.165, 1.54) is 11.3 Å². The van der Waals surface area contributed by atoms with E-state index in [9.17, 15) is 5.11 Å². The van der Waals surface area contributed by atoms with Gasteiger partial charge in [-0.05, 0) is 23.8 Å². The van der Waals surface area contributed by atoms with Crippen molar-refractivity contribution in [2.24, 2.45) is 0 Å². The maximum Gasteiger partial charge on any atom is 0.134 e. The molecule has 1 aromatic heterocycles. The van der Waals surface area contributed by atoms with Crippen molar-refractivity contribution in [1.82, 2.24) is 0 Å². The molecule has 0 aliphatic carbocycles. The van der Waals surface area contributed by atoms with Crippen molar-refractivity contribution in [3.05, 3.63) is 51.2 Å². The van der Waals surface area contributed by atoms with E-state index in [1.807, 2.05) is 30.3 Å². The zero-order valence-electron chi connectivity index (χ0n) is 8.97. The van der Waals surface area contributed by atoms with E-state index in [4.69, 9.17) is 16.3 Å². The predicted molar refractivity (Wildman–Crippen MR) is 68.9 cm³/mol. The molecule has 0 bridgehead atoms. The molecule has 4 heteroatoms. The van der Waals surface area contributed by atoms with E-state index in [-0.39, 0.29) is 6.10 Å². The maximum atomic E-state index is 10.2. The van der Waals surface area contributed by atoms with Crippen molar-refractivity contribution in [2.45, 2.75) is 18.6 Å². The normalized spacial score (nSPS) is 19.8. The number of ether oxygens (including phenoxy) is 1. The fourth-order valence-electron chi connectivity index (χ4n) is 2.06. The molecule has 2 atom stereocenters. The molecule has 0 spiro atoms. The standard InChI is InChI=1S/C13H11ClO2S/c14-12-6-5-11(17-12)13(15)10-7-8-3-1-2-4-9(8)16-10/h1-6,10,13,15H,7H2. The molecule has 1 aliphatic rings. The second kappa shape index (κ2) is 4.33. The van der Waals surface area contributed by atoms with E-state index in [0.717, 1.165) is 22.6 Å². The lowest BCUT2D eigenvalue weighted by Crippen LogP contribution is -2.22. The molecule has 2 heterocycles. The third kappa shape index (κ3) is 2.06. The monoisotopic (exact) mass is 266 g/mol. The molecule has 0 saturated carbocycles. The van der Waals surface area contributed by atoms with Crippen LogP contribution < -0.4 is 4.74 Å². The lowest BCUT2D eigenvalue weighted by molar-refractivity contribution is 0.0517. The van der Waals surface area contributed by atoms with Crippen LogP contribution in [0.25, 0.3) is 0 Å². The number of thiophene rings is 1. The summed E-state index contributed by atoms with van der Waals surface area (Å²) in [5, 5.41) is 10.2. The number of aliphatic hydroxyl groups excluding tert-OH is 1. The van der Waals surface area contributed by atoms with Gasteiger partial charge in [0.25, 0.3) is 0 Å². The van der Waals surface area contributed by atoms with Crippen molar-refractivity contribution in [1.29, 1.82) is 0 Å². The number of benzene rings is 1. The van der Waals surface area contributed by atoms with Gasteiger partial charge in [-0.15, -0.1) is 11.3 Å². The lowest BCUT2D eigenvalue weighted by Gasteiger charge is -2.16. The molecule has 2 unspecified atom stereocenters. The zero-order chi connectivity index (χ0) is 11.8. The first kappa shape index (κ1) is 11.1. The minimum absolute atomic E-state index is 0.206. The Bertz CT molecular complexity index is 513. The smallest absolute Gasteiger partial charge is 0.134 e. The van der Waals surface area contributed by atoms with E-state index in [2.05, 4.69) is 0 Å². The average molecular weight is 267 g/mol. The Morgan fingerprint density at radius 3 is 2.82 bits per heavy atom. The number of aliphatic hydroxyl groups is 1. The Kier molecular flexibility index (Phi) is 2.82. The molecule has 1 aromatic carbocycles. The van der Waals surface area contributed by atoms with Gasteiger partial charge in [0.1, 0.15) is 18.0 Å². The van der Waals surface area contributed by atoms with E-state index >= 15 is 0 Å². The van der Waals surface area contributed by atoms with Crippen molar-refractivity contribution in [3.63, 3.8) is 0 Å². The number of hydrogen-bond acceptors (Lipinski definition) is 3. The summed E-state index contributed by atoms with van der Waals surface area (Å²) in [7, 11) is 0. The van der Waals surface area contributed by atoms with Gasteiger partial charge in [-0.1, -0.05) is 29.8 Å². The van der Waals surface area contributed by atoms with Crippen LogP contribution in [-0.2, 0) is 6.42 Å². The van der Waals surface area contributed by atoms with Gasteiger partial charge in [0, 0.05) is 11.3 Å². The summed E-state index contributed by atoms with van der Waals surface area (Å²) in [5.74, 6) is 0.874. The van der Waals surface area contributed by atoms with Crippen LogP contribution >= 0.6 is 22.9 Å². The largest absolute Gasteiger partial charge is 0.487 e. The molecular formula is C13H11ClO2S. The highest BCUT2D eigenvalue weighted by molar-refractivity contribution is 7.16. The summed E-state index contributed by atoms with van der Waals surface area (Å²) in [4.78, 5) is 0.854. The van der Waals surface area contributed by atoms with Crippen molar-refractivity contribution in [3.8, 4) is 5.75 Å². The molecule has 0 amide bonds. The SMILES string of the molecule is OC(c1ccc(Cl)s1)C1Cc2ccccc2O1. The Morgan fingerprint density at radius 1 is 1.29 bits per heavy atom. The Balaban J connectivity index is 1.80. The highest BCUT2D eigenvalue weighted by Crippen LogP contribution is 2.36. The van der Waals surface area contributed by atoms with Crippen LogP contribution in [0.2, 0.25) is 4.34 Å². The van der Waals surface area contributed by atoms with Gasteiger partial charge in [0.05, 0.1) is 4.34 Å². The quantitative estimate of drug-likeness (QED) is 0.902. The first-order valence-corrected chi connectivity index (χ1v) is 6.61. The molecule has 0 fully saturated rings. The number of halogens is 1. The molecule has 3 rings (SSSR count). The average Bonchev–Trinajstić information content (AvgIpc) is 2.93. The van der Waals surface area contributed by atoms with Gasteiger partial charge in [-0.25, -0.2) is 0 Å². The molecule has 17 heavy (non-hydrogen) atoms. The third-order valence-electron chi connectivity index (χ3n) is 2.91. The maximum absolute atomic E-state index is 10.2. The van der Waals surface area contributed by atoms with Gasteiger partial charge >= 0.3 is 0 Å². The summed E-state index contributed by atoms with van der Waals surface area (Å²) >= 11 is 7.26. The van der Waals surface area contributed by atoms with Crippen LogP contribution in [0.1, 0.15) is 16.5 Å². The van der Waals surface area contributed by atoms with Gasteiger partial charge in [0.2, 0.25) is 0 Å². The molecule has 0 saturated heterocycles. The van der Waals surface area contributed by atoms with Crippen LogP contribution in [0.4, 0.5) is 0 Å². The van der Waals surface area contributed by atoms with E-state index < -0.39 is 6.10 Å². The number of hydrogen-bond donors (Lipinski definition) is 1. The number of para-hydroxylation sites is 1. The molecule has 1 aliphatic heterocycles. The van der Waals surface area contributed by atoms with Crippen LogP contribution in [0.5, 0.6) is 5.75 Å². The Labute approximate surface area is 108 Å². The van der Waals surface area contributed by atoms with E-state index in [1.54, 1.807) is 6.07 Å². The molecule has 0 radical (unpaired) electrons. The van der Waals surface area contributed by atoms with Gasteiger partial charge in [-0.3, -0.25) is 0 Å². The van der Waals surface area contributed by atoms with Crippen LogP contribution in [0, 0.1) is 0 Å². The predicted octanol–water partition coefficient (Wildman–Crippen LogP) is 3.44. The summed E-state index contributed by atoms with van der Waals surface area (Å²) in [6.45, 7) is 0. The van der Waals surface area contributed by atoms with Gasteiger partial charge in [-0.2, -0.15) is 0 Å². The third-order valence-corrected chi connectivity index (χ3v) is 4.21. The van der Waals surface area contributed by atoms with Crippen LogP contribution in [-0.4, -0.2) is 11.2 Å². The molecular weight excluding hydrogens is 256 g/mol. The lowest BCUT2D eigenvalue weighted by atomic mass is 10.1. The highest BCUT2D eigenvalue weighted by atomic mass is 35.5. The summed E-state index contributed by atoms with van der Waals surface area (Å²) < 4.78 is 6.44. The molecule has 1 N–H and O–H groups in total. The second-order valence-electron chi connectivity index (χ2n) is 4.05. The number of rotatable bonds is 2. The first-order chi connectivity index (χ1) is 8.24. The fourth-order valence-corrected chi connectivity index (χ4v) is 3.16.